The first-order valence-electron chi connectivity index (χ1n) is 6.79. The standard InChI is InChI=1S/C17H22OS/c1-6-14-7-8-15(19-14)17(18)16-12(4)10(2)9-11(3)13(16)5/h7-9,17-18H,6H2,1-5H3. The smallest absolute Gasteiger partial charge is 0.114 e. The van der Waals surface area contributed by atoms with Gasteiger partial charge in [0.1, 0.15) is 6.10 Å². The lowest BCUT2D eigenvalue weighted by molar-refractivity contribution is 0.222. The number of hydrogen-bond acceptors (Lipinski definition) is 2. The summed E-state index contributed by atoms with van der Waals surface area (Å²) in [5, 5.41) is 10.7. The molecule has 1 heterocycles. The summed E-state index contributed by atoms with van der Waals surface area (Å²) in [6, 6.07) is 6.38. The van der Waals surface area contributed by atoms with Crippen molar-refractivity contribution < 1.29 is 5.11 Å². The van der Waals surface area contributed by atoms with Gasteiger partial charge in [0.05, 0.1) is 0 Å². The van der Waals surface area contributed by atoms with Crippen molar-refractivity contribution in [3.05, 3.63) is 55.8 Å². The molecule has 2 rings (SSSR count). The topological polar surface area (TPSA) is 20.2 Å². The third-order valence-corrected chi connectivity index (χ3v) is 5.28. The van der Waals surface area contributed by atoms with E-state index in [1.54, 1.807) is 11.3 Å². The van der Waals surface area contributed by atoms with E-state index < -0.39 is 6.10 Å². The van der Waals surface area contributed by atoms with Crippen LogP contribution in [0.2, 0.25) is 0 Å². The summed E-state index contributed by atoms with van der Waals surface area (Å²) in [6.45, 7) is 10.6. The Morgan fingerprint density at radius 1 is 1.05 bits per heavy atom. The summed E-state index contributed by atoms with van der Waals surface area (Å²) in [5.74, 6) is 0. The Kier molecular flexibility index (Phi) is 4.12. The SMILES string of the molecule is CCc1ccc(C(O)c2c(C)c(C)cc(C)c2C)s1. The molecule has 1 unspecified atom stereocenters. The van der Waals surface area contributed by atoms with Crippen LogP contribution in [0.3, 0.4) is 0 Å². The van der Waals surface area contributed by atoms with Crippen LogP contribution in [0.25, 0.3) is 0 Å². The highest BCUT2D eigenvalue weighted by molar-refractivity contribution is 7.12. The predicted octanol–water partition coefficient (Wildman–Crippen LogP) is 4.63. The summed E-state index contributed by atoms with van der Waals surface area (Å²) in [5.41, 5.74) is 6.01. The van der Waals surface area contributed by atoms with E-state index in [2.05, 4.69) is 52.8 Å². The van der Waals surface area contributed by atoms with Crippen LogP contribution >= 0.6 is 11.3 Å². The van der Waals surface area contributed by atoms with Crippen molar-refractivity contribution in [2.75, 3.05) is 0 Å². The molecular formula is C17H22OS. The van der Waals surface area contributed by atoms with E-state index in [0.717, 1.165) is 16.9 Å². The van der Waals surface area contributed by atoms with Gasteiger partial charge in [-0.2, -0.15) is 0 Å². The second-order valence-corrected chi connectivity index (χ2v) is 6.43. The van der Waals surface area contributed by atoms with Crippen LogP contribution in [0.15, 0.2) is 18.2 Å². The quantitative estimate of drug-likeness (QED) is 0.865. The lowest BCUT2D eigenvalue weighted by Gasteiger charge is -2.19. The molecule has 0 aliphatic rings. The molecule has 0 fully saturated rings. The number of aryl methyl sites for hydroxylation is 3. The molecule has 0 bridgehead atoms. The van der Waals surface area contributed by atoms with Crippen LogP contribution in [0.4, 0.5) is 0 Å². The number of rotatable bonds is 3. The fourth-order valence-corrected chi connectivity index (χ4v) is 3.48. The Bertz CT molecular complexity index is 569. The van der Waals surface area contributed by atoms with Crippen LogP contribution < -0.4 is 0 Å². The summed E-state index contributed by atoms with van der Waals surface area (Å²) < 4.78 is 0. The average Bonchev–Trinajstić information content (AvgIpc) is 2.85. The molecule has 1 atom stereocenters. The maximum atomic E-state index is 10.7. The van der Waals surface area contributed by atoms with Gasteiger partial charge in [0.15, 0.2) is 0 Å². The van der Waals surface area contributed by atoms with Gasteiger partial charge in [0, 0.05) is 9.75 Å². The van der Waals surface area contributed by atoms with Crippen LogP contribution in [0, 0.1) is 27.7 Å². The minimum atomic E-state index is -0.496. The molecule has 0 radical (unpaired) electrons. The molecule has 2 aromatic rings. The Morgan fingerprint density at radius 2 is 1.63 bits per heavy atom. The van der Waals surface area contributed by atoms with Gasteiger partial charge >= 0.3 is 0 Å². The molecule has 1 aromatic heterocycles. The van der Waals surface area contributed by atoms with E-state index in [1.165, 1.54) is 27.1 Å². The average molecular weight is 274 g/mol. The molecule has 0 aliphatic carbocycles. The Labute approximate surface area is 119 Å². The first kappa shape index (κ1) is 14.3. The zero-order valence-corrected chi connectivity index (χ0v) is 13.2. The van der Waals surface area contributed by atoms with Gasteiger partial charge < -0.3 is 5.11 Å². The lowest BCUT2D eigenvalue weighted by Crippen LogP contribution is -2.06. The van der Waals surface area contributed by atoms with Crippen LogP contribution in [0.1, 0.15) is 50.6 Å². The van der Waals surface area contributed by atoms with Crippen molar-refractivity contribution in [2.24, 2.45) is 0 Å². The Hall–Kier alpha value is -1.12. The molecule has 0 amide bonds. The zero-order chi connectivity index (χ0) is 14.2. The molecule has 0 aliphatic heterocycles. The van der Waals surface area contributed by atoms with Gasteiger partial charge in [-0.1, -0.05) is 13.0 Å². The van der Waals surface area contributed by atoms with Gasteiger partial charge in [0.25, 0.3) is 0 Å². The lowest BCUT2D eigenvalue weighted by atomic mass is 9.90. The highest BCUT2D eigenvalue weighted by Crippen LogP contribution is 2.34. The minimum absolute atomic E-state index is 0.496. The first-order valence-corrected chi connectivity index (χ1v) is 7.61. The fourth-order valence-electron chi connectivity index (χ4n) is 2.53. The van der Waals surface area contributed by atoms with Crippen molar-refractivity contribution in [3.8, 4) is 0 Å². The molecule has 1 nitrogen and oxygen atoms in total. The largest absolute Gasteiger partial charge is 0.383 e. The number of benzene rings is 1. The monoisotopic (exact) mass is 274 g/mol. The van der Waals surface area contributed by atoms with Gasteiger partial charge in [-0.3, -0.25) is 0 Å². The third-order valence-electron chi connectivity index (χ3n) is 4.00. The Balaban J connectivity index is 2.52. The van der Waals surface area contributed by atoms with Gasteiger partial charge in [-0.05, 0) is 74.1 Å². The first-order chi connectivity index (χ1) is 8.95. The summed E-state index contributed by atoms with van der Waals surface area (Å²) >= 11 is 1.71. The fraction of sp³-hybridized carbons (Fsp3) is 0.412. The maximum Gasteiger partial charge on any atom is 0.114 e. The molecule has 0 saturated carbocycles. The Morgan fingerprint density at radius 3 is 2.11 bits per heavy atom. The van der Waals surface area contributed by atoms with E-state index in [-0.39, 0.29) is 0 Å². The highest BCUT2D eigenvalue weighted by atomic mass is 32.1. The van der Waals surface area contributed by atoms with Crippen molar-refractivity contribution in [2.45, 2.75) is 47.1 Å². The van der Waals surface area contributed by atoms with Crippen LogP contribution in [-0.2, 0) is 6.42 Å². The van der Waals surface area contributed by atoms with E-state index in [9.17, 15) is 5.11 Å². The summed E-state index contributed by atoms with van der Waals surface area (Å²) in [6.07, 6.45) is 0.534. The van der Waals surface area contributed by atoms with Crippen LogP contribution in [-0.4, -0.2) is 5.11 Å². The van der Waals surface area contributed by atoms with E-state index >= 15 is 0 Å². The van der Waals surface area contributed by atoms with Gasteiger partial charge in [0.2, 0.25) is 0 Å². The third kappa shape index (κ3) is 2.60. The second kappa shape index (κ2) is 5.48. The van der Waals surface area contributed by atoms with E-state index in [0.29, 0.717) is 0 Å². The summed E-state index contributed by atoms with van der Waals surface area (Å²) in [7, 11) is 0. The number of hydrogen-bond donors (Lipinski definition) is 1. The number of aliphatic hydroxyl groups is 1. The predicted molar refractivity (Wildman–Crippen MR) is 83.1 cm³/mol. The highest BCUT2D eigenvalue weighted by Gasteiger charge is 2.19. The normalized spacial score (nSPS) is 12.7. The molecule has 2 heteroatoms. The second-order valence-electron chi connectivity index (χ2n) is 5.23. The zero-order valence-electron chi connectivity index (χ0n) is 12.4. The molecule has 19 heavy (non-hydrogen) atoms. The van der Waals surface area contributed by atoms with Crippen molar-refractivity contribution in [1.29, 1.82) is 0 Å². The molecule has 0 saturated heterocycles. The van der Waals surface area contributed by atoms with Crippen molar-refractivity contribution >= 4 is 11.3 Å². The van der Waals surface area contributed by atoms with Gasteiger partial charge in [-0.25, -0.2) is 0 Å². The summed E-state index contributed by atoms with van der Waals surface area (Å²) in [4.78, 5) is 2.38. The van der Waals surface area contributed by atoms with Crippen molar-refractivity contribution in [1.82, 2.24) is 0 Å². The minimum Gasteiger partial charge on any atom is -0.383 e. The van der Waals surface area contributed by atoms with Crippen LogP contribution in [0.5, 0.6) is 0 Å². The number of thiophene rings is 1. The van der Waals surface area contributed by atoms with Gasteiger partial charge in [-0.15, -0.1) is 11.3 Å². The van der Waals surface area contributed by atoms with E-state index in [4.69, 9.17) is 0 Å². The molecule has 1 aromatic carbocycles. The molecule has 1 N–H and O–H groups in total. The molecular weight excluding hydrogens is 252 g/mol. The van der Waals surface area contributed by atoms with E-state index in [1.807, 2.05) is 0 Å². The molecule has 102 valence electrons. The number of aliphatic hydroxyl groups excluding tert-OH is 1. The maximum absolute atomic E-state index is 10.7. The molecule has 0 spiro atoms. The van der Waals surface area contributed by atoms with Crippen molar-refractivity contribution in [3.63, 3.8) is 0 Å².